The number of hydrogen-bond acceptors (Lipinski definition) is 4. The molecule has 2 aromatic heterocycles. The van der Waals surface area contributed by atoms with Crippen molar-refractivity contribution in [1.82, 2.24) is 19.7 Å². The molecule has 0 aliphatic rings. The summed E-state index contributed by atoms with van der Waals surface area (Å²) in [4.78, 5) is 19.4. The fourth-order valence-corrected chi connectivity index (χ4v) is 2.60. The maximum absolute atomic E-state index is 11.3. The quantitative estimate of drug-likeness (QED) is 0.822. The van der Waals surface area contributed by atoms with Gasteiger partial charge in [0.1, 0.15) is 0 Å². The van der Waals surface area contributed by atoms with E-state index in [1.807, 2.05) is 32.5 Å². The molecular formula is C11H14N4OS. The van der Waals surface area contributed by atoms with E-state index >= 15 is 0 Å². The summed E-state index contributed by atoms with van der Waals surface area (Å²) in [6.07, 6.45) is 0. The second kappa shape index (κ2) is 4.37. The molecule has 0 aromatic carbocycles. The van der Waals surface area contributed by atoms with Crippen LogP contribution in [0.25, 0.3) is 0 Å². The number of aromatic nitrogens is 4. The minimum absolute atomic E-state index is 0.126. The number of hydrogen-bond donors (Lipinski definition) is 1. The Morgan fingerprint density at radius 1 is 1.35 bits per heavy atom. The van der Waals surface area contributed by atoms with Gasteiger partial charge in [-0.25, -0.2) is 4.98 Å². The van der Waals surface area contributed by atoms with Gasteiger partial charge in [-0.2, -0.15) is 5.10 Å². The van der Waals surface area contributed by atoms with Crippen molar-refractivity contribution in [1.29, 1.82) is 0 Å². The maximum Gasteiger partial charge on any atom is 0.251 e. The molecule has 0 atom stereocenters. The number of nitrogens with zero attached hydrogens (tertiary/aromatic N) is 3. The molecule has 5 nitrogen and oxygen atoms in total. The third-order valence-electron chi connectivity index (χ3n) is 2.49. The summed E-state index contributed by atoms with van der Waals surface area (Å²) in [6, 6.07) is 1.48. The number of nitrogens with one attached hydrogen (secondary N) is 1. The third-order valence-corrected chi connectivity index (χ3v) is 3.67. The Bertz CT molecular complexity index is 614. The Balaban J connectivity index is 2.41. The molecule has 0 saturated heterocycles. The molecule has 6 heteroatoms. The molecule has 0 spiro atoms. The lowest BCUT2D eigenvalue weighted by molar-refractivity contribution is 0.729. The number of aromatic amines is 1. The summed E-state index contributed by atoms with van der Waals surface area (Å²) < 4.78 is 1.82. The minimum atomic E-state index is -0.126. The zero-order chi connectivity index (χ0) is 12.6. The van der Waals surface area contributed by atoms with Crippen LogP contribution in [0.5, 0.6) is 0 Å². The SMILES string of the molecule is Cc1cc(=O)[nH]c(Sc2c(C)nn(C)c2C)n1. The lowest BCUT2D eigenvalue weighted by Crippen LogP contribution is -2.08. The molecular weight excluding hydrogens is 236 g/mol. The maximum atomic E-state index is 11.3. The summed E-state index contributed by atoms with van der Waals surface area (Å²) in [5.74, 6) is 0. The Kier molecular flexibility index (Phi) is 3.06. The van der Waals surface area contributed by atoms with Crippen LogP contribution in [0.1, 0.15) is 17.1 Å². The first-order valence-corrected chi connectivity index (χ1v) is 6.05. The van der Waals surface area contributed by atoms with E-state index in [1.165, 1.54) is 17.8 Å². The topological polar surface area (TPSA) is 63.6 Å². The average molecular weight is 250 g/mol. The third kappa shape index (κ3) is 2.41. The summed E-state index contributed by atoms with van der Waals surface area (Å²) in [5.41, 5.74) is 2.60. The van der Waals surface area contributed by atoms with E-state index in [0.717, 1.165) is 22.0 Å². The van der Waals surface area contributed by atoms with Crippen LogP contribution in [-0.4, -0.2) is 19.7 Å². The molecule has 0 radical (unpaired) electrons. The smallest absolute Gasteiger partial charge is 0.251 e. The second-order valence-corrected chi connectivity index (χ2v) is 4.92. The van der Waals surface area contributed by atoms with Crippen molar-refractivity contribution in [3.05, 3.63) is 33.5 Å². The standard InChI is InChI=1S/C11H14N4OS/c1-6-5-9(16)13-11(12-6)17-10-7(2)14-15(4)8(10)3/h5H,1-4H3,(H,12,13,16). The monoisotopic (exact) mass is 250 g/mol. The van der Waals surface area contributed by atoms with Crippen LogP contribution >= 0.6 is 11.8 Å². The van der Waals surface area contributed by atoms with Crippen LogP contribution in [0.2, 0.25) is 0 Å². The summed E-state index contributed by atoms with van der Waals surface area (Å²) >= 11 is 1.44. The zero-order valence-electron chi connectivity index (χ0n) is 10.2. The van der Waals surface area contributed by atoms with Crippen LogP contribution in [0, 0.1) is 20.8 Å². The van der Waals surface area contributed by atoms with Crippen LogP contribution < -0.4 is 5.56 Å². The normalized spacial score (nSPS) is 10.8. The van der Waals surface area contributed by atoms with E-state index < -0.39 is 0 Å². The van der Waals surface area contributed by atoms with Crippen molar-refractivity contribution in [2.75, 3.05) is 0 Å². The lowest BCUT2D eigenvalue weighted by atomic mass is 10.4. The molecule has 0 amide bonds. The Morgan fingerprint density at radius 3 is 2.59 bits per heavy atom. The van der Waals surface area contributed by atoms with Gasteiger partial charge in [0.25, 0.3) is 5.56 Å². The van der Waals surface area contributed by atoms with E-state index in [9.17, 15) is 4.79 Å². The van der Waals surface area contributed by atoms with Crippen LogP contribution in [-0.2, 0) is 7.05 Å². The van der Waals surface area contributed by atoms with Crippen LogP contribution in [0.15, 0.2) is 20.9 Å². The second-order valence-electron chi connectivity index (χ2n) is 3.92. The van der Waals surface area contributed by atoms with E-state index in [2.05, 4.69) is 15.1 Å². The minimum Gasteiger partial charge on any atom is -0.301 e. The van der Waals surface area contributed by atoms with Crippen LogP contribution in [0.4, 0.5) is 0 Å². The van der Waals surface area contributed by atoms with E-state index in [-0.39, 0.29) is 5.56 Å². The lowest BCUT2D eigenvalue weighted by Gasteiger charge is -2.02. The van der Waals surface area contributed by atoms with E-state index in [4.69, 9.17) is 0 Å². The van der Waals surface area contributed by atoms with Crippen molar-refractivity contribution < 1.29 is 0 Å². The summed E-state index contributed by atoms with van der Waals surface area (Å²) in [7, 11) is 1.90. The van der Waals surface area contributed by atoms with Crippen LogP contribution in [0.3, 0.4) is 0 Å². The van der Waals surface area contributed by atoms with Crippen molar-refractivity contribution >= 4 is 11.8 Å². The highest BCUT2D eigenvalue weighted by Crippen LogP contribution is 2.29. The van der Waals surface area contributed by atoms with E-state index in [0.29, 0.717) is 5.16 Å². The van der Waals surface area contributed by atoms with Crippen molar-refractivity contribution in [3.63, 3.8) is 0 Å². The van der Waals surface area contributed by atoms with Crippen molar-refractivity contribution in [2.24, 2.45) is 7.05 Å². The molecule has 0 fully saturated rings. The molecule has 2 heterocycles. The van der Waals surface area contributed by atoms with Gasteiger partial charge in [0.05, 0.1) is 10.6 Å². The highest BCUT2D eigenvalue weighted by atomic mass is 32.2. The Hall–Kier alpha value is -1.56. The predicted octanol–water partition coefficient (Wildman–Crippen LogP) is 1.58. The first-order valence-electron chi connectivity index (χ1n) is 5.23. The first-order chi connectivity index (χ1) is 7.97. The van der Waals surface area contributed by atoms with Gasteiger partial charge >= 0.3 is 0 Å². The zero-order valence-corrected chi connectivity index (χ0v) is 11.1. The highest BCUT2D eigenvalue weighted by molar-refractivity contribution is 7.99. The molecule has 90 valence electrons. The van der Waals surface area contributed by atoms with Gasteiger partial charge in [-0.1, -0.05) is 0 Å². The molecule has 1 N–H and O–H groups in total. The van der Waals surface area contributed by atoms with Crippen molar-refractivity contribution in [2.45, 2.75) is 30.8 Å². The van der Waals surface area contributed by atoms with Crippen molar-refractivity contribution in [3.8, 4) is 0 Å². The van der Waals surface area contributed by atoms with Gasteiger partial charge < -0.3 is 4.98 Å². The van der Waals surface area contributed by atoms with Gasteiger partial charge in [-0.3, -0.25) is 9.48 Å². The summed E-state index contributed by atoms with van der Waals surface area (Å²) in [5, 5.41) is 4.93. The largest absolute Gasteiger partial charge is 0.301 e. The molecule has 2 aromatic rings. The molecule has 2 rings (SSSR count). The summed E-state index contributed by atoms with van der Waals surface area (Å²) in [6.45, 7) is 5.75. The Labute approximate surface area is 103 Å². The molecule has 0 aliphatic carbocycles. The van der Waals surface area contributed by atoms with Gasteiger partial charge in [0, 0.05) is 24.5 Å². The van der Waals surface area contributed by atoms with Gasteiger partial charge in [-0.15, -0.1) is 0 Å². The molecule has 0 saturated carbocycles. The van der Waals surface area contributed by atoms with Gasteiger partial charge in [-0.05, 0) is 32.5 Å². The fourth-order valence-electron chi connectivity index (χ4n) is 1.60. The molecule has 17 heavy (non-hydrogen) atoms. The Morgan fingerprint density at radius 2 is 2.06 bits per heavy atom. The fraction of sp³-hybridized carbons (Fsp3) is 0.364. The number of aryl methyl sites for hydroxylation is 3. The average Bonchev–Trinajstić information content (AvgIpc) is 2.44. The first kappa shape index (κ1) is 11.9. The molecule has 0 unspecified atom stereocenters. The predicted molar refractivity (Wildman–Crippen MR) is 66.4 cm³/mol. The number of rotatable bonds is 2. The van der Waals surface area contributed by atoms with Gasteiger partial charge in [0.2, 0.25) is 0 Å². The van der Waals surface area contributed by atoms with Gasteiger partial charge in [0.15, 0.2) is 5.16 Å². The molecule has 0 bridgehead atoms. The molecule has 0 aliphatic heterocycles. The van der Waals surface area contributed by atoms with E-state index in [1.54, 1.807) is 0 Å². The highest BCUT2D eigenvalue weighted by Gasteiger charge is 2.12. The number of H-pyrrole nitrogens is 1.